The van der Waals surface area contributed by atoms with Gasteiger partial charge in [0.2, 0.25) is 5.88 Å². The summed E-state index contributed by atoms with van der Waals surface area (Å²) < 4.78 is 6.25. The first-order valence-electron chi connectivity index (χ1n) is 10.8. The van der Waals surface area contributed by atoms with Crippen LogP contribution in [0.25, 0.3) is 11.1 Å². The second-order valence-electron chi connectivity index (χ2n) is 7.82. The van der Waals surface area contributed by atoms with Crippen molar-refractivity contribution in [2.45, 2.75) is 32.6 Å². The highest BCUT2D eigenvalue weighted by molar-refractivity contribution is 5.72. The standard InChI is InChI=1S/C25H27N5O/c1-18-28-24(30-13-3-2-4-14-30)16-25(29-18)31-23-15-20(17-27)7-10-22(23)21-8-5-19(6-9-21)11-12-26/h5-10,15-16H,2-4,11-14,26H2,1H3. The van der Waals surface area contributed by atoms with Crippen LogP contribution in [0.3, 0.4) is 0 Å². The monoisotopic (exact) mass is 413 g/mol. The molecule has 158 valence electrons. The molecule has 0 saturated carbocycles. The molecule has 4 rings (SSSR count). The van der Waals surface area contributed by atoms with E-state index in [0.717, 1.165) is 36.5 Å². The number of anilines is 1. The third kappa shape index (κ3) is 5.01. The maximum atomic E-state index is 9.39. The molecule has 31 heavy (non-hydrogen) atoms. The van der Waals surface area contributed by atoms with Crippen LogP contribution in [0, 0.1) is 18.3 Å². The average Bonchev–Trinajstić information content (AvgIpc) is 2.80. The zero-order chi connectivity index (χ0) is 21.6. The molecule has 0 unspecified atom stereocenters. The fraction of sp³-hybridized carbons (Fsp3) is 0.320. The second-order valence-corrected chi connectivity index (χ2v) is 7.82. The Morgan fingerprint density at radius 2 is 1.81 bits per heavy atom. The molecule has 1 aliphatic heterocycles. The molecule has 6 heteroatoms. The Morgan fingerprint density at radius 3 is 2.52 bits per heavy atom. The summed E-state index contributed by atoms with van der Waals surface area (Å²) in [5.41, 5.74) is 9.33. The number of aryl methyl sites for hydroxylation is 1. The van der Waals surface area contributed by atoms with Crippen molar-refractivity contribution in [3.05, 3.63) is 65.5 Å². The number of hydrogen-bond donors (Lipinski definition) is 1. The topological polar surface area (TPSA) is 88.1 Å². The molecule has 2 heterocycles. The van der Waals surface area contributed by atoms with Crippen LogP contribution in [0.4, 0.5) is 5.82 Å². The van der Waals surface area contributed by atoms with E-state index in [-0.39, 0.29) is 0 Å². The van der Waals surface area contributed by atoms with E-state index in [1.165, 1.54) is 24.8 Å². The Hall–Kier alpha value is -3.43. The van der Waals surface area contributed by atoms with Crippen molar-refractivity contribution in [2.75, 3.05) is 24.5 Å². The number of aromatic nitrogens is 2. The molecule has 0 atom stereocenters. The second kappa shape index (κ2) is 9.59. The van der Waals surface area contributed by atoms with Gasteiger partial charge in [-0.15, -0.1) is 0 Å². The average molecular weight is 414 g/mol. The first-order chi connectivity index (χ1) is 15.2. The molecule has 6 nitrogen and oxygen atoms in total. The molecule has 0 aliphatic carbocycles. The summed E-state index contributed by atoms with van der Waals surface area (Å²) in [7, 11) is 0. The van der Waals surface area contributed by atoms with Gasteiger partial charge in [0, 0.05) is 24.7 Å². The fourth-order valence-electron chi connectivity index (χ4n) is 3.91. The van der Waals surface area contributed by atoms with Crippen LogP contribution in [0.15, 0.2) is 48.5 Å². The predicted octanol–water partition coefficient (Wildman–Crippen LogP) is 4.61. The molecule has 0 spiro atoms. The van der Waals surface area contributed by atoms with Crippen molar-refractivity contribution < 1.29 is 4.74 Å². The van der Waals surface area contributed by atoms with Gasteiger partial charge in [-0.3, -0.25) is 0 Å². The summed E-state index contributed by atoms with van der Waals surface area (Å²) in [6.07, 6.45) is 4.45. The molecule has 0 bridgehead atoms. The molecular formula is C25H27N5O. The molecule has 2 aromatic carbocycles. The van der Waals surface area contributed by atoms with Crippen molar-refractivity contribution in [2.24, 2.45) is 5.73 Å². The van der Waals surface area contributed by atoms with Gasteiger partial charge in [-0.2, -0.15) is 10.2 Å². The Bertz CT molecular complexity index is 1080. The van der Waals surface area contributed by atoms with E-state index in [1.807, 2.05) is 19.1 Å². The van der Waals surface area contributed by atoms with Gasteiger partial charge >= 0.3 is 0 Å². The van der Waals surface area contributed by atoms with Gasteiger partial charge in [0.1, 0.15) is 17.4 Å². The number of ether oxygens (including phenoxy) is 1. The summed E-state index contributed by atoms with van der Waals surface area (Å²) in [6, 6.07) is 17.9. The highest BCUT2D eigenvalue weighted by Crippen LogP contribution is 2.35. The van der Waals surface area contributed by atoms with Gasteiger partial charge in [-0.05, 0) is 68.5 Å². The summed E-state index contributed by atoms with van der Waals surface area (Å²) >= 11 is 0. The zero-order valence-corrected chi connectivity index (χ0v) is 17.8. The highest BCUT2D eigenvalue weighted by atomic mass is 16.5. The van der Waals surface area contributed by atoms with E-state index < -0.39 is 0 Å². The number of nitrogens with two attached hydrogens (primary N) is 1. The quantitative estimate of drug-likeness (QED) is 0.635. The zero-order valence-electron chi connectivity index (χ0n) is 17.8. The Labute approximate surface area is 183 Å². The number of rotatable bonds is 6. The van der Waals surface area contributed by atoms with Crippen molar-refractivity contribution in [3.63, 3.8) is 0 Å². The highest BCUT2D eigenvalue weighted by Gasteiger charge is 2.16. The third-order valence-corrected chi connectivity index (χ3v) is 5.50. The van der Waals surface area contributed by atoms with E-state index in [2.05, 4.69) is 45.2 Å². The van der Waals surface area contributed by atoms with Crippen LogP contribution >= 0.6 is 0 Å². The maximum Gasteiger partial charge on any atom is 0.224 e. The maximum absolute atomic E-state index is 9.39. The molecule has 1 saturated heterocycles. The van der Waals surface area contributed by atoms with Crippen LogP contribution in [-0.2, 0) is 6.42 Å². The SMILES string of the molecule is Cc1nc(Oc2cc(C#N)ccc2-c2ccc(CCN)cc2)cc(N2CCCCC2)n1. The van der Waals surface area contributed by atoms with Crippen molar-refractivity contribution >= 4 is 5.82 Å². The lowest BCUT2D eigenvalue weighted by atomic mass is 10.0. The summed E-state index contributed by atoms with van der Waals surface area (Å²) in [5, 5.41) is 9.39. The summed E-state index contributed by atoms with van der Waals surface area (Å²) in [6.45, 7) is 4.50. The Balaban J connectivity index is 1.67. The molecule has 0 amide bonds. The minimum absolute atomic E-state index is 0.490. The first-order valence-corrected chi connectivity index (χ1v) is 10.8. The van der Waals surface area contributed by atoms with Crippen LogP contribution in [0.5, 0.6) is 11.6 Å². The number of nitriles is 1. The normalized spacial score (nSPS) is 13.6. The van der Waals surface area contributed by atoms with Crippen molar-refractivity contribution in [1.29, 1.82) is 5.26 Å². The molecule has 1 aliphatic rings. The van der Waals surface area contributed by atoms with Crippen molar-refractivity contribution in [1.82, 2.24) is 9.97 Å². The van der Waals surface area contributed by atoms with E-state index in [0.29, 0.717) is 29.6 Å². The minimum Gasteiger partial charge on any atom is -0.438 e. The Morgan fingerprint density at radius 1 is 1.03 bits per heavy atom. The number of piperidine rings is 1. The lowest BCUT2D eigenvalue weighted by Crippen LogP contribution is -2.30. The smallest absolute Gasteiger partial charge is 0.224 e. The molecule has 3 aromatic rings. The third-order valence-electron chi connectivity index (χ3n) is 5.50. The molecule has 1 fully saturated rings. The van der Waals surface area contributed by atoms with Crippen LogP contribution < -0.4 is 15.4 Å². The minimum atomic E-state index is 0.490. The first kappa shape index (κ1) is 20.8. The molecular weight excluding hydrogens is 386 g/mol. The Kier molecular flexibility index (Phi) is 6.44. The van der Waals surface area contributed by atoms with Gasteiger partial charge in [0.05, 0.1) is 11.6 Å². The predicted molar refractivity (Wildman–Crippen MR) is 122 cm³/mol. The molecule has 2 N–H and O–H groups in total. The summed E-state index contributed by atoms with van der Waals surface area (Å²) in [4.78, 5) is 11.4. The van der Waals surface area contributed by atoms with Crippen LogP contribution in [0.2, 0.25) is 0 Å². The van der Waals surface area contributed by atoms with Crippen LogP contribution in [0.1, 0.15) is 36.2 Å². The van der Waals surface area contributed by atoms with E-state index in [4.69, 9.17) is 10.5 Å². The van der Waals surface area contributed by atoms with Gasteiger partial charge in [-0.1, -0.05) is 24.3 Å². The largest absolute Gasteiger partial charge is 0.438 e. The summed E-state index contributed by atoms with van der Waals surface area (Å²) in [5.74, 6) is 2.66. The number of nitrogens with zero attached hydrogens (tertiary/aromatic N) is 4. The lowest BCUT2D eigenvalue weighted by molar-refractivity contribution is 0.460. The van der Waals surface area contributed by atoms with E-state index in [9.17, 15) is 5.26 Å². The number of hydrogen-bond acceptors (Lipinski definition) is 6. The lowest BCUT2D eigenvalue weighted by Gasteiger charge is -2.28. The van der Waals surface area contributed by atoms with E-state index in [1.54, 1.807) is 12.1 Å². The van der Waals surface area contributed by atoms with E-state index >= 15 is 0 Å². The van der Waals surface area contributed by atoms with Gasteiger partial charge < -0.3 is 15.4 Å². The fourth-order valence-corrected chi connectivity index (χ4v) is 3.91. The van der Waals surface area contributed by atoms with Gasteiger partial charge in [0.15, 0.2) is 0 Å². The number of benzene rings is 2. The van der Waals surface area contributed by atoms with Gasteiger partial charge in [0.25, 0.3) is 0 Å². The van der Waals surface area contributed by atoms with Gasteiger partial charge in [-0.25, -0.2) is 4.98 Å². The molecule has 0 radical (unpaired) electrons. The van der Waals surface area contributed by atoms with Crippen LogP contribution in [-0.4, -0.2) is 29.6 Å². The molecule has 1 aromatic heterocycles. The van der Waals surface area contributed by atoms with Crippen molar-refractivity contribution in [3.8, 4) is 28.8 Å².